The minimum atomic E-state index is -0.820. The second-order valence-corrected chi connectivity index (χ2v) is 9.85. The van der Waals surface area contributed by atoms with Crippen molar-refractivity contribution in [1.29, 1.82) is 0 Å². The third-order valence-corrected chi connectivity index (χ3v) is 6.54. The van der Waals surface area contributed by atoms with Gasteiger partial charge in [0, 0.05) is 10.4 Å². The smallest absolute Gasteiger partial charge is 0.347 e. The predicted octanol–water partition coefficient (Wildman–Crippen LogP) is 6.05. The number of hydrogen-bond donors (Lipinski definition) is 0. The fourth-order valence-electron chi connectivity index (χ4n) is 3.43. The first-order valence-corrected chi connectivity index (χ1v) is 13.3. The number of rotatable bonds is 10. The van der Waals surface area contributed by atoms with Crippen molar-refractivity contribution in [1.82, 2.24) is 9.66 Å². The molecule has 0 aliphatic rings. The summed E-state index contributed by atoms with van der Waals surface area (Å²) in [5.74, 6) is 0.947. The Balaban J connectivity index is 2.06. The largest absolute Gasteiger partial charge is 0.490 e. The van der Waals surface area contributed by atoms with Gasteiger partial charge in [-0.25, -0.2) is 9.78 Å². The van der Waals surface area contributed by atoms with Crippen LogP contribution in [0.15, 0.2) is 49.2 Å². The van der Waals surface area contributed by atoms with Gasteiger partial charge in [-0.2, -0.15) is 9.78 Å². The lowest BCUT2D eigenvalue weighted by Gasteiger charge is -2.18. The number of carbonyl (C=O) groups is 1. The van der Waals surface area contributed by atoms with Crippen LogP contribution in [-0.4, -0.2) is 41.2 Å². The maximum Gasteiger partial charge on any atom is 0.347 e. The zero-order valence-electron chi connectivity index (χ0n) is 20.9. The van der Waals surface area contributed by atoms with Crippen molar-refractivity contribution in [2.45, 2.75) is 53.1 Å². The molecule has 0 saturated carbocycles. The third-order valence-electron chi connectivity index (χ3n) is 5.45. The van der Waals surface area contributed by atoms with E-state index >= 15 is 0 Å². The molecule has 0 N–H and O–H groups in total. The number of carbonyl (C=O) groups excluding carboxylic acids is 1. The third kappa shape index (κ3) is 6.34. The van der Waals surface area contributed by atoms with Crippen LogP contribution in [0.5, 0.6) is 11.5 Å². The van der Waals surface area contributed by atoms with Gasteiger partial charge in [-0.15, -0.1) is 0 Å². The molecular formula is C26H29Br2N3O5. The fraction of sp³-hybridized carbons (Fsp3) is 0.385. The Labute approximate surface area is 226 Å². The van der Waals surface area contributed by atoms with Crippen LogP contribution in [0.4, 0.5) is 0 Å². The molecule has 0 fully saturated rings. The molecule has 10 heteroatoms. The SMILES string of the molecule is CCOC(=O)[C@@H](C)Oc1c(Br)cc(C=Nn2c([C@@H](C)CC)nc3ccc(Br)cc3c2=O)cc1OCC. The van der Waals surface area contributed by atoms with Gasteiger partial charge in [0.25, 0.3) is 5.56 Å². The molecule has 0 aliphatic carbocycles. The average molecular weight is 623 g/mol. The molecule has 192 valence electrons. The number of esters is 1. The Morgan fingerprint density at radius 3 is 2.56 bits per heavy atom. The van der Waals surface area contributed by atoms with E-state index in [4.69, 9.17) is 19.2 Å². The Morgan fingerprint density at radius 1 is 1.14 bits per heavy atom. The van der Waals surface area contributed by atoms with E-state index in [1.807, 2.05) is 32.9 Å². The van der Waals surface area contributed by atoms with E-state index in [0.29, 0.717) is 44.9 Å². The molecule has 2 atom stereocenters. The standard InChI is InChI=1S/C26H29Br2N3O5/c1-6-15(4)24-30-21-10-9-18(27)13-19(21)25(32)31(24)29-14-17-11-20(28)23(22(12-17)34-7-2)36-16(5)26(33)35-8-3/h9-16H,6-8H2,1-5H3/t15-,16+/m0/s1. The number of hydrogen-bond acceptors (Lipinski definition) is 7. The van der Waals surface area contributed by atoms with Crippen LogP contribution in [0.3, 0.4) is 0 Å². The highest BCUT2D eigenvalue weighted by molar-refractivity contribution is 9.10. The molecule has 0 radical (unpaired) electrons. The molecule has 8 nitrogen and oxygen atoms in total. The average Bonchev–Trinajstić information content (AvgIpc) is 2.85. The van der Waals surface area contributed by atoms with Crippen LogP contribution in [0.25, 0.3) is 10.9 Å². The lowest BCUT2D eigenvalue weighted by Crippen LogP contribution is -2.26. The van der Waals surface area contributed by atoms with Crippen LogP contribution in [0.2, 0.25) is 0 Å². The summed E-state index contributed by atoms with van der Waals surface area (Å²) in [5.41, 5.74) is 1.04. The Kier molecular flexibility index (Phi) is 9.67. The number of aromatic nitrogens is 2. The molecule has 1 heterocycles. The summed E-state index contributed by atoms with van der Waals surface area (Å²) in [5, 5.41) is 4.99. The lowest BCUT2D eigenvalue weighted by atomic mass is 10.1. The van der Waals surface area contributed by atoms with E-state index in [2.05, 4.69) is 37.0 Å². The summed E-state index contributed by atoms with van der Waals surface area (Å²) >= 11 is 6.94. The van der Waals surface area contributed by atoms with Crippen LogP contribution in [0, 0.1) is 0 Å². The van der Waals surface area contributed by atoms with Gasteiger partial charge in [-0.05, 0) is 79.0 Å². The molecule has 3 rings (SSSR count). The second-order valence-electron chi connectivity index (χ2n) is 8.08. The summed E-state index contributed by atoms with van der Waals surface area (Å²) in [7, 11) is 0. The summed E-state index contributed by atoms with van der Waals surface area (Å²) < 4.78 is 19.4. The van der Waals surface area contributed by atoms with Gasteiger partial charge in [0.05, 0.1) is 34.8 Å². The Hall–Kier alpha value is -2.72. The summed E-state index contributed by atoms with van der Waals surface area (Å²) in [6, 6.07) is 8.95. The van der Waals surface area contributed by atoms with E-state index in [-0.39, 0.29) is 18.1 Å². The number of nitrogens with zero attached hydrogens (tertiary/aromatic N) is 3. The highest BCUT2D eigenvalue weighted by Crippen LogP contribution is 2.37. The van der Waals surface area contributed by atoms with Gasteiger partial charge in [0.2, 0.25) is 0 Å². The molecule has 0 unspecified atom stereocenters. The normalized spacial score (nSPS) is 13.1. The number of ether oxygens (including phenoxy) is 3. The summed E-state index contributed by atoms with van der Waals surface area (Å²) in [6.45, 7) is 9.91. The maximum atomic E-state index is 13.4. The van der Waals surface area contributed by atoms with Crippen molar-refractivity contribution < 1.29 is 19.0 Å². The van der Waals surface area contributed by atoms with Crippen molar-refractivity contribution in [2.24, 2.45) is 5.10 Å². The van der Waals surface area contributed by atoms with Crippen molar-refractivity contribution >= 4 is 54.9 Å². The van der Waals surface area contributed by atoms with Crippen LogP contribution in [-0.2, 0) is 9.53 Å². The van der Waals surface area contributed by atoms with Crippen LogP contribution < -0.4 is 15.0 Å². The number of benzene rings is 2. The van der Waals surface area contributed by atoms with Crippen molar-refractivity contribution in [3.63, 3.8) is 0 Å². The molecule has 2 aromatic carbocycles. The van der Waals surface area contributed by atoms with E-state index in [1.165, 1.54) is 4.68 Å². The quantitative estimate of drug-likeness (QED) is 0.202. The number of fused-ring (bicyclic) bond motifs is 1. The van der Waals surface area contributed by atoms with Crippen molar-refractivity contribution in [3.05, 3.63) is 61.0 Å². The Morgan fingerprint density at radius 2 is 1.89 bits per heavy atom. The first kappa shape index (κ1) is 27.9. The van der Waals surface area contributed by atoms with Gasteiger partial charge < -0.3 is 14.2 Å². The first-order valence-electron chi connectivity index (χ1n) is 11.8. The minimum Gasteiger partial charge on any atom is -0.490 e. The molecule has 36 heavy (non-hydrogen) atoms. The molecular weight excluding hydrogens is 594 g/mol. The highest BCUT2D eigenvalue weighted by atomic mass is 79.9. The second kappa shape index (κ2) is 12.5. The zero-order chi connectivity index (χ0) is 26.4. The van der Waals surface area contributed by atoms with E-state index < -0.39 is 12.1 Å². The predicted molar refractivity (Wildman–Crippen MR) is 147 cm³/mol. The van der Waals surface area contributed by atoms with Gasteiger partial charge in [-0.1, -0.05) is 29.8 Å². The van der Waals surface area contributed by atoms with Gasteiger partial charge in [0.15, 0.2) is 17.6 Å². The Bertz CT molecular complexity index is 1340. The molecule has 0 bridgehead atoms. The first-order chi connectivity index (χ1) is 17.2. The summed E-state index contributed by atoms with van der Waals surface area (Å²) in [6.07, 6.45) is 1.55. The molecule has 0 amide bonds. The molecule has 0 saturated heterocycles. The van der Waals surface area contributed by atoms with Crippen molar-refractivity contribution in [3.8, 4) is 11.5 Å². The summed E-state index contributed by atoms with van der Waals surface area (Å²) in [4.78, 5) is 30.1. The maximum absolute atomic E-state index is 13.4. The molecule has 1 aromatic heterocycles. The van der Waals surface area contributed by atoms with E-state index in [9.17, 15) is 9.59 Å². The number of halogens is 2. The molecule has 0 aliphatic heterocycles. The lowest BCUT2D eigenvalue weighted by molar-refractivity contribution is -0.150. The molecule has 0 spiro atoms. The van der Waals surface area contributed by atoms with Gasteiger partial charge in [0.1, 0.15) is 5.82 Å². The topological polar surface area (TPSA) is 92.0 Å². The van der Waals surface area contributed by atoms with Crippen LogP contribution >= 0.6 is 31.9 Å². The van der Waals surface area contributed by atoms with E-state index in [0.717, 1.165) is 10.9 Å². The minimum absolute atomic E-state index is 0.0220. The van der Waals surface area contributed by atoms with Gasteiger partial charge >= 0.3 is 5.97 Å². The van der Waals surface area contributed by atoms with Gasteiger partial charge in [-0.3, -0.25) is 4.79 Å². The van der Waals surface area contributed by atoms with E-state index in [1.54, 1.807) is 38.3 Å². The van der Waals surface area contributed by atoms with Crippen molar-refractivity contribution in [2.75, 3.05) is 13.2 Å². The van der Waals surface area contributed by atoms with Crippen LogP contribution in [0.1, 0.15) is 58.3 Å². The monoisotopic (exact) mass is 621 g/mol. The fourth-order valence-corrected chi connectivity index (χ4v) is 4.34. The highest BCUT2D eigenvalue weighted by Gasteiger charge is 2.21. The molecule has 3 aromatic rings. The zero-order valence-corrected chi connectivity index (χ0v) is 24.1.